The number of hydrogen-bond donors (Lipinski definition) is 1. The lowest BCUT2D eigenvalue weighted by Gasteiger charge is -2.07. The highest BCUT2D eigenvalue weighted by molar-refractivity contribution is 5.75. The molecule has 0 fully saturated rings. The Morgan fingerprint density at radius 3 is 1.39 bits per heavy atom. The summed E-state index contributed by atoms with van der Waals surface area (Å²) in [6.07, 6.45) is 36.2. The van der Waals surface area contributed by atoms with Crippen molar-refractivity contribution in [2.45, 2.75) is 181 Å². The first-order valence-corrected chi connectivity index (χ1v) is 16.8. The van der Waals surface area contributed by atoms with Gasteiger partial charge in [-0.05, 0) is 38.5 Å². The van der Waals surface area contributed by atoms with Gasteiger partial charge in [0.15, 0.2) is 0 Å². The summed E-state index contributed by atoms with van der Waals surface area (Å²) in [5.74, 6) is -0.0588. The molecule has 4 heteroatoms. The van der Waals surface area contributed by atoms with E-state index in [1.165, 1.54) is 128 Å². The number of carbonyl (C=O) groups is 2. The number of hydrogen-bond acceptors (Lipinski definition) is 3. The van der Waals surface area contributed by atoms with Crippen LogP contribution in [0.5, 0.6) is 0 Å². The maximum absolute atomic E-state index is 11.9. The zero-order valence-corrected chi connectivity index (χ0v) is 25.7. The van der Waals surface area contributed by atoms with Crippen LogP contribution in [0.2, 0.25) is 0 Å². The van der Waals surface area contributed by atoms with E-state index in [9.17, 15) is 9.59 Å². The minimum absolute atomic E-state index is 0.0780. The molecule has 0 atom stereocenters. The number of carbonyl (C=O) groups excluding carboxylic acids is 2. The van der Waals surface area contributed by atoms with E-state index >= 15 is 0 Å². The van der Waals surface area contributed by atoms with Crippen LogP contribution < -0.4 is 5.32 Å². The third-order valence-electron chi connectivity index (χ3n) is 7.34. The Morgan fingerprint density at radius 1 is 0.526 bits per heavy atom. The van der Waals surface area contributed by atoms with E-state index in [-0.39, 0.29) is 18.5 Å². The van der Waals surface area contributed by atoms with Gasteiger partial charge in [0.05, 0.1) is 6.54 Å². The second-order valence-corrected chi connectivity index (χ2v) is 11.2. The van der Waals surface area contributed by atoms with Crippen molar-refractivity contribution in [2.75, 3.05) is 13.2 Å². The van der Waals surface area contributed by atoms with Crippen LogP contribution in [0, 0.1) is 0 Å². The van der Waals surface area contributed by atoms with E-state index in [2.05, 4.69) is 31.3 Å². The molecule has 4 nitrogen and oxygen atoms in total. The van der Waals surface area contributed by atoms with Gasteiger partial charge in [0.1, 0.15) is 6.61 Å². The standard InChI is InChI=1S/C34H65NO3/c1-3-5-7-9-11-13-15-16-17-18-20-22-24-26-28-30-34(37)38-32-31-35-33(36)29-27-25-23-21-19-14-12-10-8-6-4-2/h16-17H,3-15,18-32H2,1-2H3,(H,35,36). The highest BCUT2D eigenvalue weighted by Gasteiger charge is 2.04. The Labute approximate surface area is 237 Å². The Hall–Kier alpha value is -1.32. The molecule has 0 aromatic heterocycles. The number of unbranched alkanes of at least 4 members (excludes halogenated alkanes) is 21. The quantitative estimate of drug-likeness (QED) is 0.0565. The van der Waals surface area contributed by atoms with E-state index < -0.39 is 0 Å². The molecule has 0 rings (SSSR count). The molecular formula is C34H65NO3. The van der Waals surface area contributed by atoms with Crippen molar-refractivity contribution in [3.63, 3.8) is 0 Å². The number of ether oxygens (including phenoxy) is 1. The topological polar surface area (TPSA) is 55.4 Å². The second-order valence-electron chi connectivity index (χ2n) is 11.2. The van der Waals surface area contributed by atoms with Gasteiger partial charge in [-0.2, -0.15) is 0 Å². The zero-order chi connectivity index (χ0) is 27.8. The van der Waals surface area contributed by atoms with Crippen molar-refractivity contribution in [1.29, 1.82) is 0 Å². The molecule has 0 aliphatic heterocycles. The van der Waals surface area contributed by atoms with Crippen molar-refractivity contribution >= 4 is 11.9 Å². The van der Waals surface area contributed by atoms with E-state index in [1.54, 1.807) is 0 Å². The fourth-order valence-corrected chi connectivity index (χ4v) is 4.81. The summed E-state index contributed by atoms with van der Waals surface area (Å²) < 4.78 is 5.26. The van der Waals surface area contributed by atoms with Gasteiger partial charge >= 0.3 is 5.97 Å². The molecule has 0 aliphatic carbocycles. The van der Waals surface area contributed by atoms with Crippen molar-refractivity contribution in [1.82, 2.24) is 5.32 Å². The zero-order valence-electron chi connectivity index (χ0n) is 25.7. The van der Waals surface area contributed by atoms with Gasteiger partial charge in [0.2, 0.25) is 5.91 Å². The molecule has 0 aromatic rings. The largest absolute Gasteiger partial charge is 0.464 e. The lowest BCUT2D eigenvalue weighted by Crippen LogP contribution is -2.27. The second kappa shape index (κ2) is 31.9. The van der Waals surface area contributed by atoms with Crippen molar-refractivity contribution in [3.05, 3.63) is 12.2 Å². The summed E-state index contributed by atoms with van der Waals surface area (Å²) in [4.78, 5) is 23.8. The predicted molar refractivity (Wildman–Crippen MR) is 164 cm³/mol. The number of allylic oxidation sites excluding steroid dienone is 2. The van der Waals surface area contributed by atoms with Crippen LogP contribution in [0.4, 0.5) is 0 Å². The van der Waals surface area contributed by atoms with Crippen LogP contribution in [0.3, 0.4) is 0 Å². The lowest BCUT2D eigenvalue weighted by molar-refractivity contribution is -0.144. The van der Waals surface area contributed by atoms with Gasteiger partial charge in [0, 0.05) is 12.8 Å². The van der Waals surface area contributed by atoms with Crippen molar-refractivity contribution in [2.24, 2.45) is 0 Å². The van der Waals surface area contributed by atoms with E-state index in [0.717, 1.165) is 25.7 Å². The molecule has 0 heterocycles. The number of esters is 1. The van der Waals surface area contributed by atoms with Crippen LogP contribution in [-0.4, -0.2) is 25.0 Å². The summed E-state index contributed by atoms with van der Waals surface area (Å²) in [7, 11) is 0. The van der Waals surface area contributed by atoms with Crippen LogP contribution in [0.15, 0.2) is 12.2 Å². The average molecular weight is 536 g/mol. The maximum Gasteiger partial charge on any atom is 0.305 e. The molecule has 1 N–H and O–H groups in total. The van der Waals surface area contributed by atoms with Gasteiger partial charge < -0.3 is 10.1 Å². The Bertz CT molecular complexity index is 532. The third-order valence-corrected chi connectivity index (χ3v) is 7.34. The van der Waals surface area contributed by atoms with Crippen LogP contribution in [0.25, 0.3) is 0 Å². The van der Waals surface area contributed by atoms with Gasteiger partial charge in [-0.25, -0.2) is 0 Å². The molecule has 0 saturated carbocycles. The molecule has 1 amide bonds. The SMILES string of the molecule is CCCCCCCCC=CCCCCCCCC(=O)OCCNC(=O)CCCCCCCCCCCCC. The van der Waals surface area contributed by atoms with Gasteiger partial charge in [-0.15, -0.1) is 0 Å². The van der Waals surface area contributed by atoms with E-state index in [4.69, 9.17) is 4.74 Å². The predicted octanol–water partition coefficient (Wildman–Crippen LogP) is 10.4. The van der Waals surface area contributed by atoms with Crippen LogP contribution >= 0.6 is 0 Å². The highest BCUT2D eigenvalue weighted by Crippen LogP contribution is 2.12. The first-order chi connectivity index (χ1) is 18.7. The normalized spacial score (nSPS) is 11.3. The van der Waals surface area contributed by atoms with Crippen LogP contribution in [0.1, 0.15) is 181 Å². The smallest absolute Gasteiger partial charge is 0.305 e. The van der Waals surface area contributed by atoms with Gasteiger partial charge in [0.25, 0.3) is 0 Å². The number of nitrogens with one attached hydrogen (secondary N) is 1. The van der Waals surface area contributed by atoms with Crippen molar-refractivity contribution < 1.29 is 14.3 Å². The summed E-state index contributed by atoms with van der Waals surface area (Å²) in [5.41, 5.74) is 0. The first kappa shape index (κ1) is 36.7. The first-order valence-electron chi connectivity index (χ1n) is 16.8. The molecule has 0 spiro atoms. The fraction of sp³-hybridized carbons (Fsp3) is 0.882. The fourth-order valence-electron chi connectivity index (χ4n) is 4.81. The summed E-state index contributed by atoms with van der Waals surface area (Å²) in [5, 5.41) is 2.87. The number of amides is 1. The van der Waals surface area contributed by atoms with E-state index in [1.807, 2.05) is 0 Å². The minimum Gasteiger partial charge on any atom is -0.464 e. The number of rotatable bonds is 30. The van der Waals surface area contributed by atoms with Gasteiger partial charge in [-0.1, -0.05) is 142 Å². The molecule has 224 valence electrons. The molecule has 0 unspecified atom stereocenters. The monoisotopic (exact) mass is 535 g/mol. The highest BCUT2D eigenvalue weighted by atomic mass is 16.5. The Balaban J connectivity index is 3.31. The minimum atomic E-state index is -0.137. The molecule has 0 saturated heterocycles. The molecule has 0 aromatic carbocycles. The summed E-state index contributed by atoms with van der Waals surface area (Å²) in [6, 6.07) is 0. The maximum atomic E-state index is 11.9. The molecule has 38 heavy (non-hydrogen) atoms. The molecular weight excluding hydrogens is 470 g/mol. The molecule has 0 radical (unpaired) electrons. The van der Waals surface area contributed by atoms with Crippen molar-refractivity contribution in [3.8, 4) is 0 Å². The van der Waals surface area contributed by atoms with E-state index in [0.29, 0.717) is 19.4 Å². The summed E-state index contributed by atoms with van der Waals surface area (Å²) in [6.45, 7) is 5.24. The lowest BCUT2D eigenvalue weighted by atomic mass is 10.1. The average Bonchev–Trinajstić information content (AvgIpc) is 2.92. The van der Waals surface area contributed by atoms with Crippen LogP contribution in [-0.2, 0) is 14.3 Å². The third kappa shape index (κ3) is 30.9. The van der Waals surface area contributed by atoms with Gasteiger partial charge in [-0.3, -0.25) is 9.59 Å². The molecule has 0 aliphatic rings. The Morgan fingerprint density at radius 2 is 0.921 bits per heavy atom. The summed E-state index contributed by atoms with van der Waals surface area (Å²) >= 11 is 0. The Kier molecular flexibility index (Phi) is 30.8. The molecule has 0 bridgehead atoms.